The molecule has 0 saturated heterocycles. The Labute approximate surface area is 245 Å². The number of rotatable bonds is 15. The molecular weight excluding hydrogens is 526 g/mol. The second-order valence-corrected chi connectivity index (χ2v) is 12.2. The van der Waals surface area contributed by atoms with Crippen molar-refractivity contribution in [1.29, 1.82) is 0 Å². The Morgan fingerprint density at radius 2 is 1.66 bits per heavy atom. The van der Waals surface area contributed by atoms with E-state index in [0.717, 1.165) is 6.42 Å². The lowest BCUT2D eigenvalue weighted by Crippen LogP contribution is -2.56. The molecule has 0 radical (unpaired) electrons. The Balaban J connectivity index is 3.56. The highest BCUT2D eigenvalue weighted by Crippen LogP contribution is 2.30. The van der Waals surface area contributed by atoms with Crippen LogP contribution in [0, 0.1) is 11.8 Å². The zero-order valence-electron chi connectivity index (χ0n) is 26.3. The van der Waals surface area contributed by atoms with Crippen LogP contribution in [0.2, 0.25) is 0 Å². The van der Waals surface area contributed by atoms with Gasteiger partial charge in [-0.05, 0) is 83.4 Å². The van der Waals surface area contributed by atoms with Crippen LogP contribution in [0.4, 0.5) is 4.79 Å². The number of carbonyl (C=O) groups is 4. The third-order valence-corrected chi connectivity index (χ3v) is 6.23. The van der Waals surface area contributed by atoms with Crippen molar-refractivity contribution < 1.29 is 33.8 Å². The monoisotopic (exact) mass is 577 g/mol. The lowest BCUT2D eigenvalue weighted by atomic mass is 9.95. The van der Waals surface area contributed by atoms with Gasteiger partial charge in [0.05, 0.1) is 13.0 Å². The van der Waals surface area contributed by atoms with Crippen molar-refractivity contribution in [2.75, 3.05) is 13.2 Å². The van der Waals surface area contributed by atoms with E-state index in [1.54, 1.807) is 39.8 Å². The molecule has 10 nitrogen and oxygen atoms in total. The fourth-order valence-electron chi connectivity index (χ4n) is 4.39. The van der Waals surface area contributed by atoms with E-state index in [-0.39, 0.29) is 31.2 Å². The van der Waals surface area contributed by atoms with Gasteiger partial charge in [0.15, 0.2) is 0 Å². The van der Waals surface area contributed by atoms with Crippen molar-refractivity contribution in [3.8, 4) is 5.75 Å². The first-order chi connectivity index (χ1) is 19.0. The van der Waals surface area contributed by atoms with Crippen LogP contribution in [-0.4, -0.2) is 64.7 Å². The predicted molar refractivity (Wildman–Crippen MR) is 158 cm³/mol. The number of phenolic OH excluding ortho intramolecular Hbond substituents is 1. The highest BCUT2D eigenvalue weighted by molar-refractivity contribution is 5.92. The van der Waals surface area contributed by atoms with Gasteiger partial charge in [0.2, 0.25) is 11.8 Å². The first-order valence-electron chi connectivity index (χ1n) is 14.6. The molecule has 10 heteroatoms. The van der Waals surface area contributed by atoms with Crippen LogP contribution in [-0.2, 0) is 23.9 Å². The summed E-state index contributed by atoms with van der Waals surface area (Å²) in [6.45, 7) is 17.1. The van der Waals surface area contributed by atoms with Gasteiger partial charge in [-0.3, -0.25) is 14.4 Å². The molecule has 3 unspecified atom stereocenters. The maximum absolute atomic E-state index is 14.4. The van der Waals surface area contributed by atoms with E-state index in [0.29, 0.717) is 24.3 Å². The summed E-state index contributed by atoms with van der Waals surface area (Å²) < 4.78 is 10.4. The Hall–Kier alpha value is -3.30. The van der Waals surface area contributed by atoms with Crippen LogP contribution >= 0.6 is 0 Å². The van der Waals surface area contributed by atoms with E-state index >= 15 is 0 Å². The largest absolute Gasteiger partial charge is 0.508 e. The van der Waals surface area contributed by atoms with Gasteiger partial charge in [0.25, 0.3) is 0 Å². The Morgan fingerprint density at radius 1 is 1.00 bits per heavy atom. The third kappa shape index (κ3) is 13.3. The van der Waals surface area contributed by atoms with Crippen molar-refractivity contribution in [2.45, 2.75) is 112 Å². The molecule has 0 aliphatic carbocycles. The second-order valence-electron chi connectivity index (χ2n) is 12.2. The highest BCUT2D eigenvalue weighted by Gasteiger charge is 2.39. The van der Waals surface area contributed by atoms with E-state index < -0.39 is 47.6 Å². The van der Waals surface area contributed by atoms with Crippen molar-refractivity contribution in [1.82, 2.24) is 15.5 Å². The van der Waals surface area contributed by atoms with Gasteiger partial charge in [-0.15, -0.1) is 0 Å². The second kappa shape index (κ2) is 16.8. The summed E-state index contributed by atoms with van der Waals surface area (Å²) in [5, 5.41) is 15.8. The van der Waals surface area contributed by atoms with E-state index in [9.17, 15) is 24.3 Å². The molecule has 0 bridgehead atoms. The van der Waals surface area contributed by atoms with Gasteiger partial charge in [-0.1, -0.05) is 39.8 Å². The Kier molecular flexibility index (Phi) is 14.7. The summed E-state index contributed by atoms with van der Waals surface area (Å²) in [5.41, 5.74) is -0.355. The number of esters is 1. The predicted octanol–water partition coefficient (Wildman–Crippen LogP) is 5.10. The number of benzene rings is 1. The van der Waals surface area contributed by atoms with Gasteiger partial charge in [-0.2, -0.15) is 0 Å². The molecule has 41 heavy (non-hydrogen) atoms. The molecule has 0 saturated carbocycles. The average molecular weight is 578 g/mol. The average Bonchev–Trinajstić information content (AvgIpc) is 2.83. The third-order valence-electron chi connectivity index (χ3n) is 6.23. The standard InChI is InChI=1S/C31H51N3O7/c1-10-40-26(36)16-17-32-28(37)27(23-12-11-13-24(35)19-23)34(22(6)15-14-20(2)3)29(38)25(18-21(4)5)33-30(39)41-31(7,8)9/h11-13,19-22,25,27,35H,10,14-18H2,1-9H3,(H,32,37)(H,33,39). The van der Waals surface area contributed by atoms with Crippen molar-refractivity contribution >= 4 is 23.9 Å². The number of aromatic hydroxyl groups is 1. The van der Waals surface area contributed by atoms with Crippen LogP contribution in [0.3, 0.4) is 0 Å². The number of amides is 3. The highest BCUT2D eigenvalue weighted by atomic mass is 16.6. The van der Waals surface area contributed by atoms with Gasteiger partial charge in [-0.25, -0.2) is 4.79 Å². The fraction of sp³-hybridized carbons (Fsp3) is 0.677. The number of hydrogen-bond acceptors (Lipinski definition) is 7. The number of phenols is 1. The first-order valence-corrected chi connectivity index (χ1v) is 14.6. The van der Waals surface area contributed by atoms with E-state index in [2.05, 4.69) is 24.5 Å². The number of nitrogens with one attached hydrogen (secondary N) is 2. The molecule has 0 aromatic heterocycles. The minimum absolute atomic E-state index is 0.0149. The molecule has 0 fully saturated rings. The smallest absolute Gasteiger partial charge is 0.408 e. The summed E-state index contributed by atoms with van der Waals surface area (Å²) in [6.07, 6.45) is 0.980. The van der Waals surface area contributed by atoms with E-state index in [1.165, 1.54) is 17.0 Å². The zero-order valence-corrected chi connectivity index (χ0v) is 26.3. The molecule has 1 rings (SSSR count). The maximum Gasteiger partial charge on any atom is 0.408 e. The molecule has 0 spiro atoms. The molecule has 3 amide bonds. The Morgan fingerprint density at radius 3 is 2.20 bits per heavy atom. The molecule has 232 valence electrons. The van der Waals surface area contributed by atoms with Crippen LogP contribution < -0.4 is 10.6 Å². The summed E-state index contributed by atoms with van der Waals surface area (Å²) >= 11 is 0. The maximum atomic E-state index is 14.4. The van der Waals surface area contributed by atoms with E-state index in [1.807, 2.05) is 20.8 Å². The number of hydrogen-bond donors (Lipinski definition) is 3. The minimum atomic E-state index is -1.13. The molecule has 1 aromatic carbocycles. The van der Waals surface area contributed by atoms with Crippen LogP contribution in [0.25, 0.3) is 0 Å². The zero-order chi connectivity index (χ0) is 31.3. The van der Waals surface area contributed by atoms with Gasteiger partial charge in [0, 0.05) is 12.6 Å². The quantitative estimate of drug-likeness (QED) is 0.247. The number of ether oxygens (including phenoxy) is 2. The van der Waals surface area contributed by atoms with E-state index in [4.69, 9.17) is 9.47 Å². The minimum Gasteiger partial charge on any atom is -0.508 e. The van der Waals surface area contributed by atoms with Gasteiger partial charge >= 0.3 is 12.1 Å². The molecule has 3 N–H and O–H groups in total. The molecule has 0 aliphatic heterocycles. The lowest BCUT2D eigenvalue weighted by molar-refractivity contribution is -0.146. The molecule has 0 heterocycles. The van der Waals surface area contributed by atoms with Crippen LogP contribution in [0.1, 0.15) is 99.6 Å². The SMILES string of the molecule is CCOC(=O)CCNC(=O)C(c1cccc(O)c1)N(C(=O)C(CC(C)C)NC(=O)OC(C)(C)C)C(C)CCC(C)C. The summed E-state index contributed by atoms with van der Waals surface area (Å²) in [5.74, 6) is -1.04. The van der Waals surface area contributed by atoms with Crippen molar-refractivity contribution in [2.24, 2.45) is 11.8 Å². The number of nitrogens with zero attached hydrogens (tertiary/aromatic N) is 1. The molecule has 0 aliphatic rings. The lowest BCUT2D eigenvalue weighted by Gasteiger charge is -2.39. The number of alkyl carbamates (subject to hydrolysis) is 1. The Bertz CT molecular complexity index is 1000. The van der Waals surface area contributed by atoms with Crippen LogP contribution in [0.5, 0.6) is 5.75 Å². The number of carbonyl (C=O) groups excluding carboxylic acids is 4. The summed E-state index contributed by atoms with van der Waals surface area (Å²) in [6, 6.07) is 3.72. The fourth-order valence-corrected chi connectivity index (χ4v) is 4.39. The van der Waals surface area contributed by atoms with Crippen molar-refractivity contribution in [3.05, 3.63) is 29.8 Å². The normalized spacial score (nSPS) is 13.7. The molecule has 3 atom stereocenters. The molecule has 1 aromatic rings. The summed E-state index contributed by atoms with van der Waals surface area (Å²) in [7, 11) is 0. The first kappa shape index (κ1) is 35.7. The van der Waals surface area contributed by atoms with Gasteiger partial charge < -0.3 is 30.1 Å². The van der Waals surface area contributed by atoms with Gasteiger partial charge in [0.1, 0.15) is 23.4 Å². The topological polar surface area (TPSA) is 134 Å². The summed E-state index contributed by atoms with van der Waals surface area (Å²) in [4.78, 5) is 54.3. The van der Waals surface area contributed by atoms with Crippen molar-refractivity contribution in [3.63, 3.8) is 0 Å². The van der Waals surface area contributed by atoms with Crippen LogP contribution in [0.15, 0.2) is 24.3 Å². The molecular formula is C31H51N3O7.